The van der Waals surface area contributed by atoms with Crippen molar-refractivity contribution >= 4 is 5.97 Å². The number of benzene rings is 1. The summed E-state index contributed by atoms with van der Waals surface area (Å²) in [5.74, 6) is 6.57. The maximum Gasteiger partial charge on any atom is 0.308 e. The molecule has 0 N–H and O–H groups in total. The van der Waals surface area contributed by atoms with Crippen molar-refractivity contribution in [1.29, 1.82) is 0 Å². The van der Waals surface area contributed by atoms with E-state index in [2.05, 4.69) is 21.8 Å². The van der Waals surface area contributed by atoms with Crippen LogP contribution in [0, 0.1) is 11.8 Å². The summed E-state index contributed by atoms with van der Waals surface area (Å²) in [5.41, 5.74) is 1.54. The van der Waals surface area contributed by atoms with Gasteiger partial charge in [-0.2, -0.15) is 0 Å². The lowest BCUT2D eigenvalue weighted by Gasteiger charge is -2.03. The molecule has 6 heteroatoms. The highest BCUT2D eigenvalue weighted by molar-refractivity contribution is 5.69. The minimum atomic E-state index is -0.353. The van der Waals surface area contributed by atoms with Crippen molar-refractivity contribution in [2.45, 2.75) is 13.8 Å². The maximum atomic E-state index is 10.9. The number of nitrogens with zero attached hydrogens (tertiary/aromatic N) is 2. The fourth-order valence-electron chi connectivity index (χ4n) is 1.90. The Bertz CT molecular complexity index is 731. The molecule has 2 aromatic rings. The average Bonchev–Trinajstić information content (AvgIpc) is 2.62. The minimum Gasteiger partial charge on any atom is -0.427 e. The number of hydrogen-bond donors (Lipinski definition) is 0. The number of esters is 1. The highest BCUT2D eigenvalue weighted by Crippen LogP contribution is 2.19. The van der Waals surface area contributed by atoms with Gasteiger partial charge in [0.05, 0.1) is 18.8 Å². The standard InChI is InChI=1S/C19H20N2O4/c1-3-23-11-12-24-10-4-5-16-13-20-19(21-14-16)17-6-8-18(9-7-17)25-15(2)22/h6-9,13-14H,3,10-12H2,1-2H3. The number of carbonyl (C=O) groups is 1. The predicted molar refractivity (Wildman–Crippen MR) is 93.0 cm³/mol. The summed E-state index contributed by atoms with van der Waals surface area (Å²) in [5, 5.41) is 0. The van der Waals surface area contributed by atoms with E-state index in [1.54, 1.807) is 36.7 Å². The van der Waals surface area contributed by atoms with Crippen LogP contribution in [0.2, 0.25) is 0 Å². The first kappa shape index (κ1) is 18.6. The van der Waals surface area contributed by atoms with Crippen molar-refractivity contribution in [2.75, 3.05) is 26.4 Å². The molecule has 0 radical (unpaired) electrons. The van der Waals surface area contributed by atoms with Crippen LogP contribution in [-0.2, 0) is 14.3 Å². The van der Waals surface area contributed by atoms with E-state index in [1.807, 2.05) is 6.92 Å². The molecule has 130 valence electrons. The number of hydrogen-bond acceptors (Lipinski definition) is 6. The van der Waals surface area contributed by atoms with Crippen molar-refractivity contribution in [3.63, 3.8) is 0 Å². The third-order valence-electron chi connectivity index (χ3n) is 3.01. The van der Waals surface area contributed by atoms with Gasteiger partial charge >= 0.3 is 5.97 Å². The Labute approximate surface area is 147 Å². The van der Waals surface area contributed by atoms with Gasteiger partial charge in [-0.05, 0) is 31.2 Å². The molecule has 0 aliphatic carbocycles. The first-order chi connectivity index (χ1) is 12.2. The molecule has 6 nitrogen and oxygen atoms in total. The normalized spacial score (nSPS) is 10.0. The molecule has 0 amide bonds. The quantitative estimate of drug-likeness (QED) is 0.334. The number of carbonyl (C=O) groups excluding carboxylic acids is 1. The van der Waals surface area contributed by atoms with E-state index in [-0.39, 0.29) is 5.97 Å². The number of rotatable bonds is 7. The van der Waals surface area contributed by atoms with Crippen LogP contribution in [0.1, 0.15) is 19.4 Å². The summed E-state index contributed by atoms with van der Waals surface area (Å²) in [6.07, 6.45) is 3.32. The molecule has 1 heterocycles. The van der Waals surface area contributed by atoms with Gasteiger partial charge in [0.25, 0.3) is 0 Å². The van der Waals surface area contributed by atoms with E-state index >= 15 is 0 Å². The first-order valence-corrected chi connectivity index (χ1v) is 7.94. The maximum absolute atomic E-state index is 10.9. The Balaban J connectivity index is 1.88. The first-order valence-electron chi connectivity index (χ1n) is 7.94. The molecule has 0 unspecified atom stereocenters. The topological polar surface area (TPSA) is 70.5 Å². The smallest absolute Gasteiger partial charge is 0.308 e. The molecule has 0 saturated carbocycles. The molecule has 2 rings (SSSR count). The monoisotopic (exact) mass is 340 g/mol. The highest BCUT2D eigenvalue weighted by Gasteiger charge is 2.03. The molecule has 0 atom stereocenters. The lowest BCUT2D eigenvalue weighted by Crippen LogP contribution is -2.03. The van der Waals surface area contributed by atoms with E-state index in [9.17, 15) is 4.79 Å². The third kappa shape index (κ3) is 6.71. The summed E-state index contributed by atoms with van der Waals surface area (Å²) in [7, 11) is 0. The molecule has 0 spiro atoms. The van der Waals surface area contributed by atoms with Crippen LogP contribution >= 0.6 is 0 Å². The molecule has 0 aliphatic rings. The third-order valence-corrected chi connectivity index (χ3v) is 3.01. The van der Waals surface area contributed by atoms with Crippen LogP contribution in [0.4, 0.5) is 0 Å². The molecule has 1 aromatic heterocycles. The second kappa shape index (κ2) is 10.2. The fourth-order valence-corrected chi connectivity index (χ4v) is 1.90. The molecule has 0 aliphatic heterocycles. The van der Waals surface area contributed by atoms with Crippen LogP contribution in [0.15, 0.2) is 36.7 Å². The van der Waals surface area contributed by atoms with Crippen molar-refractivity contribution in [2.24, 2.45) is 0 Å². The SMILES string of the molecule is CCOCCOCC#Cc1cnc(-c2ccc(OC(C)=O)cc2)nc1. The number of ether oxygens (including phenoxy) is 3. The summed E-state index contributed by atoms with van der Waals surface area (Å²) in [4.78, 5) is 19.5. The zero-order valence-corrected chi connectivity index (χ0v) is 14.3. The lowest BCUT2D eigenvalue weighted by molar-refractivity contribution is -0.131. The minimum absolute atomic E-state index is 0.340. The van der Waals surface area contributed by atoms with E-state index in [0.717, 1.165) is 5.56 Å². The Morgan fingerprint density at radius 2 is 1.76 bits per heavy atom. The molecule has 0 saturated heterocycles. The average molecular weight is 340 g/mol. The Morgan fingerprint density at radius 1 is 1.08 bits per heavy atom. The van der Waals surface area contributed by atoms with Crippen LogP contribution < -0.4 is 4.74 Å². The van der Waals surface area contributed by atoms with Gasteiger partial charge in [-0.25, -0.2) is 9.97 Å². The lowest BCUT2D eigenvalue weighted by atomic mass is 10.2. The van der Waals surface area contributed by atoms with Gasteiger partial charge in [0.15, 0.2) is 5.82 Å². The molecule has 1 aromatic carbocycles. The van der Waals surface area contributed by atoms with Gasteiger partial charge in [0, 0.05) is 31.5 Å². The summed E-state index contributed by atoms with van der Waals surface area (Å²) < 4.78 is 15.5. The van der Waals surface area contributed by atoms with Crippen molar-refractivity contribution in [1.82, 2.24) is 9.97 Å². The molecule has 0 fully saturated rings. The second-order valence-corrected chi connectivity index (χ2v) is 4.96. The zero-order valence-electron chi connectivity index (χ0n) is 14.3. The van der Waals surface area contributed by atoms with Gasteiger partial charge in [-0.15, -0.1) is 0 Å². The van der Waals surface area contributed by atoms with Crippen LogP contribution in [0.25, 0.3) is 11.4 Å². The summed E-state index contributed by atoms with van der Waals surface area (Å²) in [6, 6.07) is 7.00. The molecular weight excluding hydrogens is 320 g/mol. The Kier molecular flexibility index (Phi) is 7.57. The highest BCUT2D eigenvalue weighted by atomic mass is 16.5. The van der Waals surface area contributed by atoms with Crippen LogP contribution in [0.5, 0.6) is 5.75 Å². The Morgan fingerprint density at radius 3 is 2.40 bits per heavy atom. The number of aromatic nitrogens is 2. The second-order valence-electron chi connectivity index (χ2n) is 4.96. The molecule has 25 heavy (non-hydrogen) atoms. The van der Waals surface area contributed by atoms with E-state index in [4.69, 9.17) is 14.2 Å². The molecule has 0 bridgehead atoms. The van der Waals surface area contributed by atoms with E-state index in [0.29, 0.717) is 43.6 Å². The van der Waals surface area contributed by atoms with E-state index < -0.39 is 0 Å². The zero-order chi connectivity index (χ0) is 17.9. The largest absolute Gasteiger partial charge is 0.427 e. The van der Waals surface area contributed by atoms with Crippen LogP contribution in [-0.4, -0.2) is 42.4 Å². The van der Waals surface area contributed by atoms with Gasteiger partial charge < -0.3 is 14.2 Å². The van der Waals surface area contributed by atoms with Crippen molar-refractivity contribution in [3.8, 4) is 29.0 Å². The fraction of sp³-hybridized carbons (Fsp3) is 0.316. The van der Waals surface area contributed by atoms with E-state index in [1.165, 1.54) is 6.92 Å². The summed E-state index contributed by atoms with van der Waals surface area (Å²) in [6.45, 7) is 5.43. The molecular formula is C19H20N2O4. The van der Waals surface area contributed by atoms with Gasteiger partial charge in [0.2, 0.25) is 0 Å². The summed E-state index contributed by atoms with van der Waals surface area (Å²) >= 11 is 0. The van der Waals surface area contributed by atoms with Crippen LogP contribution in [0.3, 0.4) is 0 Å². The van der Waals surface area contributed by atoms with Gasteiger partial charge in [0.1, 0.15) is 12.4 Å². The van der Waals surface area contributed by atoms with Crippen molar-refractivity contribution in [3.05, 3.63) is 42.2 Å². The van der Waals surface area contributed by atoms with Crippen molar-refractivity contribution < 1.29 is 19.0 Å². The predicted octanol–water partition coefficient (Wildman–Crippen LogP) is 2.47. The van der Waals surface area contributed by atoms with Gasteiger partial charge in [-0.3, -0.25) is 4.79 Å². The van der Waals surface area contributed by atoms with Gasteiger partial charge in [-0.1, -0.05) is 11.8 Å². The Hall–Kier alpha value is -2.75.